The van der Waals surface area contributed by atoms with Crippen molar-refractivity contribution in [1.29, 1.82) is 0 Å². The molecule has 0 heterocycles. The molecule has 2 aromatic carbocycles. The van der Waals surface area contributed by atoms with E-state index in [1.807, 2.05) is 12.1 Å². The van der Waals surface area contributed by atoms with Crippen molar-refractivity contribution < 1.29 is 4.79 Å². The van der Waals surface area contributed by atoms with Crippen LogP contribution in [0.2, 0.25) is 0 Å². The number of Topliss-reactive ketones (excluding diaryl/α,β-unsaturated/α-hetero) is 1. The summed E-state index contributed by atoms with van der Waals surface area (Å²) in [5.41, 5.74) is 2.31. The highest BCUT2D eigenvalue weighted by Crippen LogP contribution is 2.53. The van der Waals surface area contributed by atoms with E-state index in [2.05, 4.69) is 24.3 Å². The molecule has 20 heavy (non-hydrogen) atoms. The number of benzene rings is 2. The largest absolute Gasteiger partial charge is 0.294 e. The Morgan fingerprint density at radius 3 is 2.60 bits per heavy atom. The molecule has 0 aliphatic heterocycles. The second-order valence-electron chi connectivity index (χ2n) is 6.59. The van der Waals surface area contributed by atoms with Crippen molar-refractivity contribution in [3.63, 3.8) is 0 Å². The van der Waals surface area contributed by atoms with E-state index in [0.29, 0.717) is 5.92 Å². The van der Waals surface area contributed by atoms with Crippen LogP contribution >= 0.6 is 0 Å². The molecule has 2 fully saturated rings. The van der Waals surface area contributed by atoms with Gasteiger partial charge in [-0.15, -0.1) is 0 Å². The molecule has 0 radical (unpaired) electrons. The molecule has 2 aromatic rings. The fourth-order valence-electron chi connectivity index (χ4n) is 4.62. The molecule has 0 aromatic heterocycles. The van der Waals surface area contributed by atoms with Crippen molar-refractivity contribution in [2.24, 2.45) is 11.8 Å². The summed E-state index contributed by atoms with van der Waals surface area (Å²) in [4.78, 5) is 12.2. The van der Waals surface area contributed by atoms with Gasteiger partial charge in [-0.1, -0.05) is 42.8 Å². The van der Waals surface area contributed by atoms with Crippen LogP contribution in [0, 0.1) is 11.8 Å². The third kappa shape index (κ3) is 1.72. The average molecular weight is 264 g/mol. The summed E-state index contributed by atoms with van der Waals surface area (Å²) in [7, 11) is 0. The summed E-state index contributed by atoms with van der Waals surface area (Å²) in [5, 5.41) is 2.32. The predicted molar refractivity (Wildman–Crippen MR) is 82.1 cm³/mol. The van der Waals surface area contributed by atoms with E-state index in [0.717, 1.165) is 22.8 Å². The van der Waals surface area contributed by atoms with Gasteiger partial charge in [0.15, 0.2) is 5.78 Å². The molecular weight excluding hydrogens is 244 g/mol. The van der Waals surface area contributed by atoms with Crippen molar-refractivity contribution in [3.8, 4) is 0 Å². The van der Waals surface area contributed by atoms with Crippen LogP contribution in [0.4, 0.5) is 0 Å². The first-order chi connectivity index (χ1) is 9.74. The Morgan fingerprint density at radius 2 is 1.90 bits per heavy atom. The van der Waals surface area contributed by atoms with Crippen molar-refractivity contribution in [3.05, 3.63) is 47.5 Å². The molecule has 4 rings (SSSR count). The topological polar surface area (TPSA) is 17.1 Å². The Bertz CT molecular complexity index is 685. The Hall–Kier alpha value is -1.63. The van der Waals surface area contributed by atoms with Crippen LogP contribution in [0.25, 0.3) is 10.8 Å². The lowest BCUT2D eigenvalue weighted by atomic mass is 9.79. The van der Waals surface area contributed by atoms with Crippen molar-refractivity contribution in [2.45, 2.75) is 38.5 Å². The van der Waals surface area contributed by atoms with E-state index >= 15 is 0 Å². The van der Waals surface area contributed by atoms with Gasteiger partial charge in [-0.2, -0.15) is 0 Å². The van der Waals surface area contributed by atoms with E-state index in [9.17, 15) is 4.79 Å². The predicted octanol–water partition coefficient (Wildman–Crippen LogP) is 4.95. The van der Waals surface area contributed by atoms with Crippen LogP contribution in [0.5, 0.6) is 0 Å². The van der Waals surface area contributed by atoms with Crippen LogP contribution in [-0.2, 0) is 0 Å². The number of rotatable bonds is 2. The Balaban J connectivity index is 1.91. The second-order valence-corrected chi connectivity index (χ2v) is 6.59. The summed E-state index contributed by atoms with van der Waals surface area (Å²) >= 11 is 0. The van der Waals surface area contributed by atoms with Gasteiger partial charge in [0.1, 0.15) is 0 Å². The van der Waals surface area contributed by atoms with Crippen molar-refractivity contribution >= 4 is 16.6 Å². The minimum atomic E-state index is 0.222. The zero-order valence-electron chi connectivity index (χ0n) is 11.9. The quantitative estimate of drug-likeness (QED) is 0.702. The van der Waals surface area contributed by atoms with Gasteiger partial charge in [0, 0.05) is 5.56 Å². The molecule has 2 aliphatic carbocycles. The van der Waals surface area contributed by atoms with Gasteiger partial charge < -0.3 is 0 Å². The van der Waals surface area contributed by atoms with Crippen LogP contribution in [0.3, 0.4) is 0 Å². The first-order valence-electron chi connectivity index (χ1n) is 7.76. The zero-order valence-corrected chi connectivity index (χ0v) is 11.9. The van der Waals surface area contributed by atoms with Gasteiger partial charge in [-0.25, -0.2) is 0 Å². The highest BCUT2D eigenvalue weighted by atomic mass is 16.1. The summed E-state index contributed by atoms with van der Waals surface area (Å²) in [6.07, 6.45) is 5.45. The number of hydrogen-bond acceptors (Lipinski definition) is 1. The fourth-order valence-corrected chi connectivity index (χ4v) is 4.62. The summed E-state index contributed by atoms with van der Waals surface area (Å²) in [5.74, 6) is 2.58. The summed E-state index contributed by atoms with van der Waals surface area (Å²) in [6, 6.07) is 12.7. The third-order valence-corrected chi connectivity index (χ3v) is 5.45. The summed E-state index contributed by atoms with van der Waals surface area (Å²) in [6.45, 7) is 1.72. The molecule has 1 nitrogen and oxygen atoms in total. The standard InChI is InChI=1S/C19H20O/c1-12(20)19-16-5-3-2-4-14(16)8-9-17(19)18-11-13-6-7-15(18)10-13/h2-5,8-9,13,15,18H,6-7,10-11H2,1H3. The number of carbonyl (C=O) groups excluding carboxylic acids is 1. The van der Waals surface area contributed by atoms with E-state index in [1.165, 1.54) is 36.6 Å². The molecule has 0 N–H and O–H groups in total. The number of hydrogen-bond donors (Lipinski definition) is 0. The van der Waals surface area contributed by atoms with Gasteiger partial charge >= 0.3 is 0 Å². The summed E-state index contributed by atoms with van der Waals surface area (Å²) < 4.78 is 0. The van der Waals surface area contributed by atoms with Gasteiger partial charge in [-0.05, 0) is 60.3 Å². The maximum atomic E-state index is 12.2. The van der Waals surface area contributed by atoms with Gasteiger partial charge in [0.05, 0.1) is 0 Å². The SMILES string of the molecule is CC(=O)c1c(C2CC3CCC2C3)ccc2ccccc12. The zero-order chi connectivity index (χ0) is 13.7. The Morgan fingerprint density at radius 1 is 1.05 bits per heavy atom. The van der Waals surface area contributed by atoms with Crippen molar-refractivity contribution in [2.75, 3.05) is 0 Å². The van der Waals surface area contributed by atoms with Crippen LogP contribution in [0.15, 0.2) is 36.4 Å². The van der Waals surface area contributed by atoms with Crippen LogP contribution in [0.1, 0.15) is 54.4 Å². The molecule has 2 bridgehead atoms. The van der Waals surface area contributed by atoms with Crippen LogP contribution < -0.4 is 0 Å². The number of ketones is 1. The smallest absolute Gasteiger partial charge is 0.160 e. The highest BCUT2D eigenvalue weighted by molar-refractivity contribution is 6.08. The molecule has 0 amide bonds. The minimum Gasteiger partial charge on any atom is -0.294 e. The lowest BCUT2D eigenvalue weighted by Crippen LogP contribution is -2.12. The maximum Gasteiger partial charge on any atom is 0.160 e. The van der Waals surface area contributed by atoms with E-state index in [-0.39, 0.29) is 5.78 Å². The Kier molecular flexibility index (Phi) is 2.70. The van der Waals surface area contributed by atoms with Crippen molar-refractivity contribution in [1.82, 2.24) is 0 Å². The first kappa shape index (κ1) is 12.1. The molecule has 2 aliphatic rings. The van der Waals surface area contributed by atoms with Gasteiger partial charge in [0.25, 0.3) is 0 Å². The molecule has 3 unspecified atom stereocenters. The normalized spacial score (nSPS) is 28.1. The molecule has 2 saturated carbocycles. The fraction of sp³-hybridized carbons (Fsp3) is 0.421. The lowest BCUT2D eigenvalue weighted by molar-refractivity contribution is 0.101. The average Bonchev–Trinajstić information content (AvgIpc) is 3.08. The second kappa shape index (κ2) is 4.44. The minimum absolute atomic E-state index is 0.222. The molecular formula is C19H20O. The molecule has 0 spiro atoms. The molecule has 0 saturated heterocycles. The van der Waals surface area contributed by atoms with E-state index in [4.69, 9.17) is 0 Å². The molecule has 3 atom stereocenters. The van der Waals surface area contributed by atoms with E-state index < -0.39 is 0 Å². The lowest BCUT2D eigenvalue weighted by Gasteiger charge is -2.24. The van der Waals surface area contributed by atoms with Gasteiger partial charge in [0.2, 0.25) is 0 Å². The third-order valence-electron chi connectivity index (χ3n) is 5.45. The molecule has 102 valence electrons. The number of carbonyl (C=O) groups is 1. The first-order valence-corrected chi connectivity index (χ1v) is 7.76. The number of fused-ring (bicyclic) bond motifs is 3. The molecule has 1 heteroatoms. The maximum absolute atomic E-state index is 12.2. The van der Waals surface area contributed by atoms with E-state index in [1.54, 1.807) is 6.92 Å². The highest BCUT2D eigenvalue weighted by Gasteiger charge is 2.41. The monoisotopic (exact) mass is 264 g/mol. The van der Waals surface area contributed by atoms with Crippen LogP contribution in [-0.4, -0.2) is 5.78 Å². The van der Waals surface area contributed by atoms with Gasteiger partial charge in [-0.3, -0.25) is 4.79 Å². The Labute approximate surface area is 120 Å².